The predicted molar refractivity (Wildman–Crippen MR) is 89.9 cm³/mol. The smallest absolute Gasteiger partial charge is 0.406 e. The zero-order valence-corrected chi connectivity index (χ0v) is 14.6. The van der Waals surface area contributed by atoms with Gasteiger partial charge in [0.05, 0.1) is 6.54 Å². The number of alkyl halides is 3. The highest BCUT2D eigenvalue weighted by Gasteiger charge is 2.58. The SMILES string of the molecule is CN(C(=O)c1cccc(OC(F)(F)F)c1)C1C2CN(Cc3ncc[nH]3)CC21. The summed E-state index contributed by atoms with van der Waals surface area (Å²) in [5, 5.41) is 0. The van der Waals surface area contributed by atoms with Crippen LogP contribution in [0.4, 0.5) is 13.2 Å². The maximum atomic E-state index is 12.7. The van der Waals surface area contributed by atoms with E-state index in [2.05, 4.69) is 19.6 Å². The normalized spacial score (nSPS) is 24.5. The molecule has 2 aliphatic rings. The van der Waals surface area contributed by atoms with E-state index in [4.69, 9.17) is 0 Å². The van der Waals surface area contributed by atoms with Crippen molar-refractivity contribution in [3.8, 4) is 5.75 Å². The molecule has 144 valence electrons. The van der Waals surface area contributed by atoms with Gasteiger partial charge < -0.3 is 14.6 Å². The van der Waals surface area contributed by atoms with Crippen molar-refractivity contribution in [2.24, 2.45) is 11.8 Å². The Hall–Kier alpha value is -2.55. The van der Waals surface area contributed by atoms with Crippen LogP contribution in [-0.4, -0.2) is 58.2 Å². The van der Waals surface area contributed by atoms with Crippen LogP contribution in [0.3, 0.4) is 0 Å². The molecule has 1 aliphatic carbocycles. The molecule has 1 saturated carbocycles. The number of fused-ring (bicyclic) bond motifs is 1. The lowest BCUT2D eigenvalue weighted by molar-refractivity contribution is -0.274. The first-order chi connectivity index (χ1) is 12.8. The van der Waals surface area contributed by atoms with E-state index in [1.807, 2.05) is 0 Å². The Morgan fingerprint density at radius 1 is 1.37 bits per heavy atom. The molecule has 2 fully saturated rings. The summed E-state index contributed by atoms with van der Waals surface area (Å²) >= 11 is 0. The molecule has 1 aromatic carbocycles. The molecule has 4 rings (SSSR count). The van der Waals surface area contributed by atoms with Gasteiger partial charge in [0.1, 0.15) is 11.6 Å². The minimum atomic E-state index is -4.78. The van der Waals surface area contributed by atoms with Crippen molar-refractivity contribution >= 4 is 5.91 Å². The first-order valence-electron chi connectivity index (χ1n) is 8.65. The Bertz CT molecular complexity index is 812. The molecule has 1 aliphatic heterocycles. The van der Waals surface area contributed by atoms with Crippen molar-refractivity contribution in [3.63, 3.8) is 0 Å². The van der Waals surface area contributed by atoms with Crippen molar-refractivity contribution < 1.29 is 22.7 Å². The van der Waals surface area contributed by atoms with Crippen LogP contribution >= 0.6 is 0 Å². The fourth-order valence-electron chi connectivity index (χ4n) is 4.05. The van der Waals surface area contributed by atoms with Crippen LogP contribution in [0.25, 0.3) is 0 Å². The number of carbonyl (C=O) groups is 1. The van der Waals surface area contributed by atoms with Gasteiger partial charge in [-0.15, -0.1) is 13.2 Å². The number of halogens is 3. The third-order valence-corrected chi connectivity index (χ3v) is 5.23. The van der Waals surface area contributed by atoms with Gasteiger partial charge >= 0.3 is 6.36 Å². The second kappa shape index (κ2) is 6.56. The van der Waals surface area contributed by atoms with Crippen LogP contribution in [-0.2, 0) is 6.54 Å². The molecule has 1 saturated heterocycles. The van der Waals surface area contributed by atoms with Crippen LogP contribution < -0.4 is 4.74 Å². The number of carbonyl (C=O) groups excluding carboxylic acids is 1. The number of piperidine rings is 1. The molecule has 0 spiro atoms. The molecule has 0 bridgehead atoms. The Kier molecular flexibility index (Phi) is 4.33. The number of imidazole rings is 1. The molecule has 0 radical (unpaired) electrons. The van der Waals surface area contributed by atoms with Gasteiger partial charge in [-0.25, -0.2) is 4.98 Å². The summed E-state index contributed by atoms with van der Waals surface area (Å²) in [6.07, 6.45) is -1.27. The average molecular weight is 380 g/mol. The molecule has 1 amide bonds. The number of benzene rings is 1. The van der Waals surface area contributed by atoms with Gasteiger partial charge in [-0.2, -0.15) is 0 Å². The van der Waals surface area contributed by atoms with Gasteiger partial charge in [-0.05, 0) is 30.0 Å². The van der Waals surface area contributed by atoms with Crippen molar-refractivity contribution in [2.45, 2.75) is 18.9 Å². The molecule has 2 unspecified atom stereocenters. The van der Waals surface area contributed by atoms with Gasteiger partial charge in [-0.3, -0.25) is 9.69 Å². The topological polar surface area (TPSA) is 61.5 Å². The fraction of sp³-hybridized carbons (Fsp3) is 0.444. The predicted octanol–water partition coefficient (Wildman–Crippen LogP) is 2.51. The molecular formula is C18H19F3N4O2. The minimum absolute atomic E-state index is 0.123. The van der Waals surface area contributed by atoms with Crippen molar-refractivity contribution in [1.82, 2.24) is 19.8 Å². The number of hydrogen-bond acceptors (Lipinski definition) is 4. The summed E-state index contributed by atoms with van der Waals surface area (Å²) < 4.78 is 41.0. The maximum absolute atomic E-state index is 12.7. The highest BCUT2D eigenvalue weighted by Crippen LogP contribution is 2.49. The number of rotatable bonds is 5. The van der Waals surface area contributed by atoms with E-state index in [-0.39, 0.29) is 23.3 Å². The zero-order chi connectivity index (χ0) is 19.2. The minimum Gasteiger partial charge on any atom is -0.406 e. The Labute approximate surface area is 153 Å². The van der Waals surface area contributed by atoms with Crippen LogP contribution in [0.15, 0.2) is 36.7 Å². The lowest BCUT2D eigenvalue weighted by Gasteiger charge is -2.24. The molecular weight excluding hydrogens is 361 g/mol. The van der Waals surface area contributed by atoms with Gasteiger partial charge in [0, 0.05) is 44.1 Å². The third-order valence-electron chi connectivity index (χ3n) is 5.23. The molecule has 6 nitrogen and oxygen atoms in total. The number of likely N-dealkylation sites (tertiary alicyclic amines) is 1. The van der Waals surface area contributed by atoms with E-state index in [1.54, 1.807) is 24.3 Å². The first-order valence-corrected chi connectivity index (χ1v) is 8.65. The standard InChI is InChI=1S/C18H19F3N4O2/c1-24(17(26)11-3-2-4-12(7-11)27-18(19,20)21)16-13-8-25(9-14(13)16)10-15-22-5-6-23-15/h2-7,13-14,16H,8-10H2,1H3,(H,22,23). The Balaban J connectivity index is 1.35. The van der Waals surface area contributed by atoms with Crippen LogP contribution in [0.1, 0.15) is 16.2 Å². The molecule has 27 heavy (non-hydrogen) atoms. The average Bonchev–Trinajstić information content (AvgIpc) is 2.96. The number of hydrogen-bond donors (Lipinski definition) is 1. The second-order valence-electron chi connectivity index (χ2n) is 7.04. The van der Waals surface area contributed by atoms with Crippen molar-refractivity contribution in [1.29, 1.82) is 0 Å². The third kappa shape index (κ3) is 3.78. The lowest BCUT2D eigenvalue weighted by atomic mass is 10.2. The van der Waals surface area contributed by atoms with Crippen LogP contribution in [0, 0.1) is 11.8 Å². The van der Waals surface area contributed by atoms with Gasteiger partial charge in [-0.1, -0.05) is 6.07 Å². The maximum Gasteiger partial charge on any atom is 0.573 e. The van der Waals surface area contributed by atoms with Gasteiger partial charge in [0.15, 0.2) is 0 Å². The van der Waals surface area contributed by atoms with Gasteiger partial charge in [0.2, 0.25) is 0 Å². The zero-order valence-electron chi connectivity index (χ0n) is 14.6. The van der Waals surface area contributed by atoms with E-state index in [0.29, 0.717) is 11.8 Å². The van der Waals surface area contributed by atoms with Crippen LogP contribution in [0.5, 0.6) is 5.75 Å². The number of nitrogens with one attached hydrogen (secondary N) is 1. The number of ether oxygens (including phenoxy) is 1. The Morgan fingerprint density at radius 2 is 2.11 bits per heavy atom. The monoisotopic (exact) mass is 380 g/mol. The molecule has 2 aromatic rings. The van der Waals surface area contributed by atoms with E-state index < -0.39 is 6.36 Å². The van der Waals surface area contributed by atoms with E-state index in [0.717, 1.165) is 31.5 Å². The highest BCUT2D eigenvalue weighted by molar-refractivity contribution is 5.95. The molecule has 1 N–H and O–H groups in total. The number of aromatic amines is 1. The molecule has 2 heterocycles. The fourth-order valence-corrected chi connectivity index (χ4v) is 4.05. The van der Waals surface area contributed by atoms with Crippen molar-refractivity contribution in [3.05, 3.63) is 48.0 Å². The number of amides is 1. The summed E-state index contributed by atoms with van der Waals surface area (Å²) in [7, 11) is 1.71. The summed E-state index contributed by atoms with van der Waals surface area (Å²) in [4.78, 5) is 23.9. The lowest BCUT2D eigenvalue weighted by Crippen LogP contribution is -2.36. The number of nitrogens with zero attached hydrogens (tertiary/aromatic N) is 3. The van der Waals surface area contributed by atoms with Gasteiger partial charge in [0.25, 0.3) is 5.91 Å². The summed E-state index contributed by atoms with van der Waals surface area (Å²) in [5.74, 6) is 1.02. The second-order valence-corrected chi connectivity index (χ2v) is 7.04. The summed E-state index contributed by atoms with van der Waals surface area (Å²) in [6.45, 7) is 2.51. The summed E-state index contributed by atoms with van der Waals surface area (Å²) in [5.41, 5.74) is 0.191. The molecule has 9 heteroatoms. The van der Waals surface area contributed by atoms with Crippen molar-refractivity contribution in [2.75, 3.05) is 20.1 Å². The number of H-pyrrole nitrogens is 1. The van der Waals surface area contributed by atoms with E-state index >= 15 is 0 Å². The Morgan fingerprint density at radius 3 is 2.74 bits per heavy atom. The largest absolute Gasteiger partial charge is 0.573 e. The van der Waals surface area contributed by atoms with E-state index in [9.17, 15) is 18.0 Å². The summed E-state index contributed by atoms with van der Waals surface area (Å²) in [6, 6.07) is 5.33. The molecule has 1 aromatic heterocycles. The highest BCUT2D eigenvalue weighted by atomic mass is 19.4. The molecule has 2 atom stereocenters. The number of aromatic nitrogens is 2. The van der Waals surface area contributed by atoms with E-state index in [1.165, 1.54) is 18.2 Å². The van der Waals surface area contributed by atoms with Crippen LogP contribution in [0.2, 0.25) is 0 Å². The first kappa shape index (κ1) is 17.8. The quantitative estimate of drug-likeness (QED) is 0.866.